The second-order valence-electron chi connectivity index (χ2n) is 7.50. The highest BCUT2D eigenvalue weighted by atomic mass is 16.6. The topological polar surface area (TPSA) is 83.1 Å². The van der Waals surface area contributed by atoms with Crippen molar-refractivity contribution in [2.45, 2.75) is 51.4 Å². The molecule has 0 aliphatic carbocycles. The fraction of sp³-hybridized carbons (Fsp3) is 0.417. The number of hydrogen-bond acceptors (Lipinski definition) is 6. The lowest BCUT2D eigenvalue weighted by Gasteiger charge is -2.42. The minimum Gasteiger partial charge on any atom is -0.463 e. The molecule has 166 valence electrons. The maximum absolute atomic E-state index is 11.8. The van der Waals surface area contributed by atoms with Gasteiger partial charge in [0, 0.05) is 13.8 Å². The Hall–Kier alpha value is -2.74. The zero-order chi connectivity index (χ0) is 22.1. The zero-order valence-electron chi connectivity index (χ0n) is 17.9. The maximum Gasteiger partial charge on any atom is 0.302 e. The van der Waals surface area contributed by atoms with Gasteiger partial charge in [0.15, 0.2) is 0 Å². The summed E-state index contributed by atoms with van der Waals surface area (Å²) in [4.78, 5) is 23.1. The van der Waals surface area contributed by atoms with Crippen molar-refractivity contribution in [2.24, 2.45) is 0 Å². The molecule has 7 heteroatoms. The molecule has 7 nitrogen and oxygen atoms in total. The summed E-state index contributed by atoms with van der Waals surface area (Å²) < 4.78 is 23.6. The largest absolute Gasteiger partial charge is 0.463 e. The molecule has 4 atom stereocenters. The fourth-order valence-corrected chi connectivity index (χ4v) is 3.53. The van der Waals surface area contributed by atoms with E-state index in [-0.39, 0.29) is 19.1 Å². The summed E-state index contributed by atoms with van der Waals surface area (Å²) in [7, 11) is 0. The average Bonchev–Trinajstić information content (AvgIpc) is 2.77. The Balaban J connectivity index is 1.79. The van der Waals surface area contributed by atoms with Gasteiger partial charge in [-0.15, -0.1) is 0 Å². The van der Waals surface area contributed by atoms with Gasteiger partial charge in [-0.25, -0.2) is 0 Å². The number of amides is 1. The Kier molecular flexibility index (Phi) is 8.58. The minimum atomic E-state index is -0.547. The number of rotatable bonds is 9. The van der Waals surface area contributed by atoms with Crippen molar-refractivity contribution < 1.29 is 28.5 Å². The van der Waals surface area contributed by atoms with Crippen molar-refractivity contribution in [1.29, 1.82) is 0 Å². The molecule has 1 aliphatic rings. The summed E-state index contributed by atoms with van der Waals surface area (Å²) in [5.41, 5.74) is 2.01. The molecule has 0 aromatic heterocycles. The van der Waals surface area contributed by atoms with Crippen LogP contribution in [0.2, 0.25) is 0 Å². The van der Waals surface area contributed by atoms with Gasteiger partial charge in [0.25, 0.3) is 0 Å². The number of esters is 1. The summed E-state index contributed by atoms with van der Waals surface area (Å²) in [6.07, 6.45) is -1.55. The smallest absolute Gasteiger partial charge is 0.302 e. The van der Waals surface area contributed by atoms with Gasteiger partial charge in [0.2, 0.25) is 5.91 Å². The molecule has 1 fully saturated rings. The van der Waals surface area contributed by atoms with Crippen LogP contribution in [-0.4, -0.2) is 49.4 Å². The second-order valence-corrected chi connectivity index (χ2v) is 7.50. The van der Waals surface area contributed by atoms with Gasteiger partial charge >= 0.3 is 5.97 Å². The minimum absolute atomic E-state index is 0.0484. The SMILES string of the molecule is CC(=O)NC1COC(COC(C)=O)[C@H](OCc2ccccc2)[C@H]1OCc1ccccc1. The van der Waals surface area contributed by atoms with E-state index in [4.69, 9.17) is 18.9 Å². The number of carbonyl (C=O) groups is 2. The molecule has 2 unspecified atom stereocenters. The highest BCUT2D eigenvalue weighted by Gasteiger charge is 2.43. The van der Waals surface area contributed by atoms with Crippen molar-refractivity contribution >= 4 is 11.9 Å². The monoisotopic (exact) mass is 427 g/mol. The molecule has 2 aromatic rings. The fourth-order valence-electron chi connectivity index (χ4n) is 3.53. The van der Waals surface area contributed by atoms with E-state index in [0.717, 1.165) is 11.1 Å². The van der Waals surface area contributed by atoms with E-state index in [1.807, 2.05) is 60.7 Å². The van der Waals surface area contributed by atoms with E-state index in [9.17, 15) is 9.59 Å². The predicted molar refractivity (Wildman–Crippen MR) is 114 cm³/mol. The highest BCUT2D eigenvalue weighted by Crippen LogP contribution is 2.24. The molecule has 1 amide bonds. The van der Waals surface area contributed by atoms with E-state index in [1.54, 1.807) is 0 Å². The Bertz CT molecular complexity index is 828. The van der Waals surface area contributed by atoms with Crippen LogP contribution < -0.4 is 5.32 Å². The van der Waals surface area contributed by atoms with Gasteiger partial charge in [0.1, 0.15) is 24.9 Å². The van der Waals surface area contributed by atoms with Crippen LogP contribution in [0.15, 0.2) is 60.7 Å². The van der Waals surface area contributed by atoms with E-state index >= 15 is 0 Å². The zero-order valence-corrected chi connectivity index (χ0v) is 17.9. The lowest BCUT2D eigenvalue weighted by molar-refractivity contribution is -0.208. The average molecular weight is 427 g/mol. The number of benzene rings is 2. The first-order chi connectivity index (χ1) is 15.0. The Morgan fingerprint density at radius 1 is 0.903 bits per heavy atom. The normalized spacial score (nSPS) is 23.2. The van der Waals surface area contributed by atoms with E-state index in [1.165, 1.54) is 13.8 Å². The molecule has 3 rings (SSSR count). The summed E-state index contributed by atoms with van der Waals surface area (Å²) in [5.74, 6) is -0.571. The van der Waals surface area contributed by atoms with E-state index in [2.05, 4.69) is 5.32 Å². The third kappa shape index (κ3) is 7.17. The molecule has 1 heterocycles. The Morgan fingerprint density at radius 2 is 1.45 bits per heavy atom. The lowest BCUT2D eigenvalue weighted by atomic mass is 9.97. The summed E-state index contributed by atoms with van der Waals surface area (Å²) in [5, 5.41) is 2.90. The van der Waals surface area contributed by atoms with E-state index < -0.39 is 30.3 Å². The van der Waals surface area contributed by atoms with E-state index in [0.29, 0.717) is 13.2 Å². The number of carbonyl (C=O) groups excluding carboxylic acids is 2. The third-order valence-electron chi connectivity index (χ3n) is 4.99. The van der Waals surface area contributed by atoms with Crippen LogP contribution in [-0.2, 0) is 41.8 Å². The quantitative estimate of drug-likeness (QED) is 0.620. The first-order valence-electron chi connectivity index (χ1n) is 10.4. The van der Waals surface area contributed by atoms with Gasteiger partial charge < -0.3 is 24.3 Å². The molecule has 1 aliphatic heterocycles. The highest BCUT2D eigenvalue weighted by molar-refractivity contribution is 5.73. The second kappa shape index (κ2) is 11.6. The molecule has 2 aromatic carbocycles. The third-order valence-corrected chi connectivity index (χ3v) is 4.99. The van der Waals surface area contributed by atoms with Gasteiger partial charge in [-0.05, 0) is 11.1 Å². The van der Waals surface area contributed by atoms with Crippen LogP contribution in [0.1, 0.15) is 25.0 Å². The van der Waals surface area contributed by atoms with Gasteiger partial charge in [0.05, 0.1) is 25.9 Å². The summed E-state index contributed by atoms with van der Waals surface area (Å²) >= 11 is 0. The van der Waals surface area contributed by atoms with Crippen molar-refractivity contribution in [2.75, 3.05) is 13.2 Å². The molecule has 31 heavy (non-hydrogen) atoms. The lowest BCUT2D eigenvalue weighted by Crippen LogP contribution is -2.61. The summed E-state index contributed by atoms with van der Waals surface area (Å²) in [6, 6.07) is 19.1. The maximum atomic E-state index is 11.8. The molecule has 0 saturated carbocycles. The molecular weight excluding hydrogens is 398 g/mol. The van der Waals surface area contributed by atoms with Gasteiger partial charge in [-0.3, -0.25) is 9.59 Å². The Labute approximate surface area is 182 Å². The van der Waals surface area contributed by atoms with Crippen LogP contribution in [0.5, 0.6) is 0 Å². The molecule has 1 saturated heterocycles. The van der Waals surface area contributed by atoms with Crippen LogP contribution in [0.25, 0.3) is 0 Å². The molecule has 1 N–H and O–H groups in total. The van der Waals surface area contributed by atoms with Crippen molar-refractivity contribution in [3.63, 3.8) is 0 Å². The first kappa shape index (κ1) is 22.9. The van der Waals surface area contributed by atoms with Crippen LogP contribution in [0.4, 0.5) is 0 Å². The van der Waals surface area contributed by atoms with Gasteiger partial charge in [-0.1, -0.05) is 60.7 Å². The predicted octanol–water partition coefficient (Wildman–Crippen LogP) is 2.62. The molecule has 0 spiro atoms. The van der Waals surface area contributed by atoms with Crippen molar-refractivity contribution in [3.05, 3.63) is 71.8 Å². The van der Waals surface area contributed by atoms with Crippen LogP contribution in [0, 0.1) is 0 Å². The van der Waals surface area contributed by atoms with Crippen molar-refractivity contribution in [3.8, 4) is 0 Å². The molecule has 0 bridgehead atoms. The van der Waals surface area contributed by atoms with Crippen molar-refractivity contribution in [1.82, 2.24) is 5.32 Å². The standard InChI is InChI=1S/C24H29NO6/c1-17(26)25-21-15-29-22(16-28-18(2)27)24(31-14-20-11-7-4-8-12-20)23(21)30-13-19-9-5-3-6-10-19/h3-12,21-24H,13-16H2,1-2H3,(H,25,26)/t21?,22?,23-,24-/m0/s1. The van der Waals surface area contributed by atoms with Gasteiger partial charge in [-0.2, -0.15) is 0 Å². The molecular formula is C24H29NO6. The molecule has 0 radical (unpaired) electrons. The summed E-state index contributed by atoms with van der Waals surface area (Å²) in [6.45, 7) is 3.78. The first-order valence-corrected chi connectivity index (χ1v) is 10.4. The number of ether oxygens (including phenoxy) is 4. The Morgan fingerprint density at radius 3 is 1.97 bits per heavy atom. The number of nitrogens with one attached hydrogen (secondary N) is 1. The van der Waals surface area contributed by atoms with Crippen LogP contribution in [0.3, 0.4) is 0 Å². The number of hydrogen-bond donors (Lipinski definition) is 1. The van der Waals surface area contributed by atoms with Crippen LogP contribution >= 0.6 is 0 Å².